The Balaban J connectivity index is 1.67. The number of benzene rings is 1. The van der Waals surface area contributed by atoms with Gasteiger partial charge in [0.05, 0.1) is 0 Å². The van der Waals surface area contributed by atoms with Crippen LogP contribution in [0.15, 0.2) is 24.3 Å². The second-order valence-corrected chi connectivity index (χ2v) is 4.94. The van der Waals surface area contributed by atoms with Crippen molar-refractivity contribution in [1.82, 2.24) is 10.2 Å². The van der Waals surface area contributed by atoms with E-state index in [0.717, 1.165) is 26.2 Å². The SMILES string of the molecule is Cc1ccccc1CNCCC(=O)N1CCCC1. The summed E-state index contributed by atoms with van der Waals surface area (Å²) in [6, 6.07) is 8.35. The predicted molar refractivity (Wildman–Crippen MR) is 73.3 cm³/mol. The Kier molecular flexibility index (Phi) is 4.76. The van der Waals surface area contributed by atoms with Gasteiger partial charge in [0.2, 0.25) is 5.91 Å². The highest BCUT2D eigenvalue weighted by molar-refractivity contribution is 5.76. The van der Waals surface area contributed by atoms with E-state index in [9.17, 15) is 4.79 Å². The monoisotopic (exact) mass is 246 g/mol. The van der Waals surface area contributed by atoms with Crippen molar-refractivity contribution in [3.63, 3.8) is 0 Å². The summed E-state index contributed by atoms with van der Waals surface area (Å²) in [6.45, 7) is 5.64. The van der Waals surface area contributed by atoms with Crippen molar-refractivity contribution in [3.05, 3.63) is 35.4 Å². The first-order valence-corrected chi connectivity index (χ1v) is 6.80. The molecule has 0 unspecified atom stereocenters. The fourth-order valence-corrected chi connectivity index (χ4v) is 2.35. The molecule has 0 bridgehead atoms. The molecule has 1 heterocycles. The third-order valence-corrected chi connectivity index (χ3v) is 3.55. The molecule has 1 N–H and O–H groups in total. The third-order valence-electron chi connectivity index (χ3n) is 3.55. The first kappa shape index (κ1) is 13.1. The number of likely N-dealkylation sites (tertiary alicyclic amines) is 1. The lowest BCUT2D eigenvalue weighted by Crippen LogP contribution is -2.30. The van der Waals surface area contributed by atoms with Crippen LogP contribution in [0.3, 0.4) is 0 Å². The van der Waals surface area contributed by atoms with E-state index in [1.807, 2.05) is 4.90 Å². The van der Waals surface area contributed by atoms with Gasteiger partial charge >= 0.3 is 0 Å². The third kappa shape index (κ3) is 3.57. The number of nitrogens with one attached hydrogen (secondary N) is 1. The molecule has 1 saturated heterocycles. The molecule has 3 heteroatoms. The van der Waals surface area contributed by atoms with Crippen LogP contribution < -0.4 is 5.32 Å². The second-order valence-electron chi connectivity index (χ2n) is 4.94. The maximum Gasteiger partial charge on any atom is 0.223 e. The van der Waals surface area contributed by atoms with E-state index in [-0.39, 0.29) is 0 Å². The minimum absolute atomic E-state index is 0.296. The standard InChI is InChI=1S/C15H22N2O/c1-13-6-2-3-7-14(13)12-16-9-8-15(18)17-10-4-5-11-17/h2-3,6-7,16H,4-5,8-12H2,1H3. The zero-order valence-electron chi connectivity index (χ0n) is 11.1. The summed E-state index contributed by atoms with van der Waals surface area (Å²) in [7, 11) is 0. The molecule has 1 aromatic carbocycles. The zero-order chi connectivity index (χ0) is 12.8. The molecule has 1 aliphatic rings. The number of amides is 1. The molecule has 1 amide bonds. The van der Waals surface area contributed by atoms with Crippen LogP contribution in [-0.2, 0) is 11.3 Å². The molecular weight excluding hydrogens is 224 g/mol. The molecule has 0 saturated carbocycles. The molecule has 0 radical (unpaired) electrons. The second kappa shape index (κ2) is 6.55. The van der Waals surface area contributed by atoms with E-state index in [1.165, 1.54) is 24.0 Å². The van der Waals surface area contributed by atoms with Crippen LogP contribution in [0.4, 0.5) is 0 Å². The Morgan fingerprint density at radius 2 is 2.00 bits per heavy atom. The van der Waals surface area contributed by atoms with E-state index < -0.39 is 0 Å². The average molecular weight is 246 g/mol. The molecule has 2 rings (SSSR count). The number of carbonyl (C=O) groups is 1. The lowest BCUT2D eigenvalue weighted by Gasteiger charge is -2.15. The van der Waals surface area contributed by atoms with Gasteiger partial charge in [-0.3, -0.25) is 4.79 Å². The van der Waals surface area contributed by atoms with Gasteiger partial charge in [-0.25, -0.2) is 0 Å². The summed E-state index contributed by atoms with van der Waals surface area (Å²) in [5.74, 6) is 0.296. The minimum atomic E-state index is 0.296. The smallest absolute Gasteiger partial charge is 0.223 e. The van der Waals surface area contributed by atoms with Gasteiger partial charge in [-0.15, -0.1) is 0 Å². The average Bonchev–Trinajstić information content (AvgIpc) is 2.90. The number of hydrogen-bond acceptors (Lipinski definition) is 2. The first-order chi connectivity index (χ1) is 8.77. The molecular formula is C15H22N2O. The van der Waals surface area contributed by atoms with Crippen molar-refractivity contribution in [2.45, 2.75) is 32.7 Å². The Hall–Kier alpha value is -1.35. The quantitative estimate of drug-likeness (QED) is 0.807. The Morgan fingerprint density at radius 1 is 1.28 bits per heavy atom. The highest BCUT2D eigenvalue weighted by Gasteiger charge is 2.16. The van der Waals surface area contributed by atoms with E-state index in [2.05, 4.69) is 36.5 Å². The topological polar surface area (TPSA) is 32.3 Å². The van der Waals surface area contributed by atoms with Gasteiger partial charge in [0, 0.05) is 32.6 Å². The fourth-order valence-electron chi connectivity index (χ4n) is 2.35. The number of hydrogen-bond donors (Lipinski definition) is 1. The Morgan fingerprint density at radius 3 is 2.72 bits per heavy atom. The normalized spacial score (nSPS) is 15.1. The summed E-state index contributed by atoms with van der Waals surface area (Å²) < 4.78 is 0. The van der Waals surface area contributed by atoms with E-state index >= 15 is 0 Å². The summed E-state index contributed by atoms with van der Waals surface area (Å²) in [6.07, 6.45) is 2.95. The summed E-state index contributed by atoms with van der Waals surface area (Å²) in [5.41, 5.74) is 2.61. The van der Waals surface area contributed by atoms with Crippen molar-refractivity contribution < 1.29 is 4.79 Å². The molecule has 0 aliphatic carbocycles. The summed E-state index contributed by atoms with van der Waals surface area (Å²) in [5, 5.41) is 3.35. The molecule has 98 valence electrons. The van der Waals surface area contributed by atoms with Gasteiger partial charge in [-0.2, -0.15) is 0 Å². The lowest BCUT2D eigenvalue weighted by molar-refractivity contribution is -0.130. The molecule has 0 spiro atoms. The van der Waals surface area contributed by atoms with Crippen molar-refractivity contribution in [2.75, 3.05) is 19.6 Å². The van der Waals surface area contributed by atoms with Crippen LogP contribution in [-0.4, -0.2) is 30.4 Å². The molecule has 1 aliphatic heterocycles. The van der Waals surface area contributed by atoms with Crippen molar-refractivity contribution in [1.29, 1.82) is 0 Å². The number of carbonyl (C=O) groups excluding carboxylic acids is 1. The molecule has 0 aromatic heterocycles. The maximum absolute atomic E-state index is 11.8. The Bertz CT molecular complexity index is 397. The van der Waals surface area contributed by atoms with E-state index in [0.29, 0.717) is 12.3 Å². The summed E-state index contributed by atoms with van der Waals surface area (Å²) >= 11 is 0. The van der Waals surface area contributed by atoms with Crippen LogP contribution in [0.5, 0.6) is 0 Å². The van der Waals surface area contributed by atoms with Crippen LogP contribution in [0, 0.1) is 6.92 Å². The van der Waals surface area contributed by atoms with Gasteiger partial charge < -0.3 is 10.2 Å². The predicted octanol–water partition coefficient (Wildman–Crippen LogP) is 2.10. The Labute approximate surface area is 109 Å². The van der Waals surface area contributed by atoms with Crippen LogP contribution in [0.1, 0.15) is 30.4 Å². The van der Waals surface area contributed by atoms with Gasteiger partial charge in [0.1, 0.15) is 0 Å². The van der Waals surface area contributed by atoms with E-state index in [1.54, 1.807) is 0 Å². The lowest BCUT2D eigenvalue weighted by atomic mass is 10.1. The number of rotatable bonds is 5. The number of aryl methyl sites for hydroxylation is 1. The molecule has 3 nitrogen and oxygen atoms in total. The van der Waals surface area contributed by atoms with Crippen LogP contribution in [0.2, 0.25) is 0 Å². The van der Waals surface area contributed by atoms with Crippen molar-refractivity contribution >= 4 is 5.91 Å². The van der Waals surface area contributed by atoms with E-state index in [4.69, 9.17) is 0 Å². The van der Waals surface area contributed by atoms with Crippen LogP contribution in [0.25, 0.3) is 0 Å². The largest absolute Gasteiger partial charge is 0.343 e. The van der Waals surface area contributed by atoms with Crippen molar-refractivity contribution in [2.24, 2.45) is 0 Å². The van der Waals surface area contributed by atoms with Crippen molar-refractivity contribution in [3.8, 4) is 0 Å². The molecule has 18 heavy (non-hydrogen) atoms. The highest BCUT2D eigenvalue weighted by Crippen LogP contribution is 2.09. The number of nitrogens with zero attached hydrogens (tertiary/aromatic N) is 1. The minimum Gasteiger partial charge on any atom is -0.343 e. The summed E-state index contributed by atoms with van der Waals surface area (Å²) in [4.78, 5) is 13.8. The highest BCUT2D eigenvalue weighted by atomic mass is 16.2. The van der Waals surface area contributed by atoms with Crippen LogP contribution >= 0.6 is 0 Å². The van der Waals surface area contributed by atoms with Gasteiger partial charge in [-0.1, -0.05) is 24.3 Å². The van der Waals surface area contributed by atoms with Gasteiger partial charge in [-0.05, 0) is 30.9 Å². The molecule has 1 fully saturated rings. The fraction of sp³-hybridized carbons (Fsp3) is 0.533. The first-order valence-electron chi connectivity index (χ1n) is 6.80. The zero-order valence-corrected chi connectivity index (χ0v) is 11.1. The van der Waals surface area contributed by atoms with Gasteiger partial charge in [0.15, 0.2) is 0 Å². The molecule has 0 atom stereocenters. The maximum atomic E-state index is 11.8. The molecule has 1 aromatic rings. The van der Waals surface area contributed by atoms with Gasteiger partial charge in [0.25, 0.3) is 0 Å².